The molecule has 1 aliphatic heterocycles. The third-order valence-corrected chi connectivity index (χ3v) is 2.70. The molecule has 1 N–H and O–H groups in total. The van der Waals surface area contributed by atoms with Gasteiger partial charge in [0, 0.05) is 0 Å². The van der Waals surface area contributed by atoms with Gasteiger partial charge in [-0.05, 0) is 31.8 Å². The lowest BCUT2D eigenvalue weighted by molar-refractivity contribution is 0.273. The van der Waals surface area contributed by atoms with Gasteiger partial charge in [-0.3, -0.25) is 4.98 Å². The highest BCUT2D eigenvalue weighted by atomic mass is 35.5. The number of nitrogens with zero attached hydrogens (tertiary/aromatic N) is 2. The van der Waals surface area contributed by atoms with Gasteiger partial charge in [-0.25, -0.2) is 0 Å². The molecule has 4 nitrogen and oxygen atoms in total. The van der Waals surface area contributed by atoms with Crippen LogP contribution in [0.25, 0.3) is 0 Å². The highest BCUT2D eigenvalue weighted by molar-refractivity contribution is 6.29. The SMILES string of the molecule is Clc1cncc(OCCC2CCNC2)n1. The Hall–Kier alpha value is -0.870. The zero-order valence-corrected chi connectivity index (χ0v) is 9.20. The summed E-state index contributed by atoms with van der Waals surface area (Å²) in [5, 5.41) is 3.70. The molecule has 0 saturated carbocycles. The minimum absolute atomic E-state index is 0.370. The molecule has 1 atom stereocenters. The largest absolute Gasteiger partial charge is 0.477 e. The quantitative estimate of drug-likeness (QED) is 0.847. The minimum atomic E-state index is 0.370. The van der Waals surface area contributed by atoms with Gasteiger partial charge in [-0.1, -0.05) is 11.6 Å². The molecule has 1 aromatic rings. The highest BCUT2D eigenvalue weighted by Gasteiger charge is 2.13. The van der Waals surface area contributed by atoms with E-state index in [-0.39, 0.29) is 0 Å². The maximum absolute atomic E-state index is 5.69. The monoisotopic (exact) mass is 227 g/mol. The Morgan fingerprint density at radius 2 is 2.47 bits per heavy atom. The molecule has 1 aliphatic rings. The number of nitrogens with one attached hydrogen (secondary N) is 1. The number of rotatable bonds is 4. The molecule has 2 rings (SSSR count). The smallest absolute Gasteiger partial charge is 0.233 e. The summed E-state index contributed by atoms with van der Waals surface area (Å²) >= 11 is 5.69. The summed E-state index contributed by atoms with van der Waals surface area (Å²) in [4.78, 5) is 7.91. The van der Waals surface area contributed by atoms with E-state index in [0.717, 1.165) is 25.4 Å². The molecule has 0 aliphatic carbocycles. The Kier molecular flexibility index (Phi) is 3.75. The van der Waals surface area contributed by atoms with Crippen molar-refractivity contribution in [2.45, 2.75) is 12.8 Å². The molecule has 5 heteroatoms. The van der Waals surface area contributed by atoms with Gasteiger partial charge in [-0.15, -0.1) is 0 Å². The summed E-state index contributed by atoms with van der Waals surface area (Å²) in [6.07, 6.45) is 5.37. The first kappa shape index (κ1) is 10.6. The Balaban J connectivity index is 1.73. The van der Waals surface area contributed by atoms with Gasteiger partial charge < -0.3 is 10.1 Å². The van der Waals surface area contributed by atoms with Gasteiger partial charge >= 0.3 is 0 Å². The van der Waals surface area contributed by atoms with Crippen molar-refractivity contribution in [2.24, 2.45) is 5.92 Å². The summed E-state index contributed by atoms with van der Waals surface area (Å²) in [6, 6.07) is 0. The Labute approximate surface area is 94.0 Å². The minimum Gasteiger partial charge on any atom is -0.477 e. The molecule has 0 radical (unpaired) electrons. The predicted molar refractivity (Wildman–Crippen MR) is 58.1 cm³/mol. The van der Waals surface area contributed by atoms with Crippen molar-refractivity contribution in [3.05, 3.63) is 17.5 Å². The van der Waals surface area contributed by atoms with Crippen LogP contribution < -0.4 is 10.1 Å². The van der Waals surface area contributed by atoms with Gasteiger partial charge in [0.2, 0.25) is 5.88 Å². The van der Waals surface area contributed by atoms with E-state index < -0.39 is 0 Å². The van der Waals surface area contributed by atoms with Crippen LogP contribution in [0, 0.1) is 5.92 Å². The molecule has 1 aromatic heterocycles. The molecule has 2 heterocycles. The van der Waals surface area contributed by atoms with Crippen molar-refractivity contribution in [3.63, 3.8) is 0 Å². The first-order valence-electron chi connectivity index (χ1n) is 5.15. The fourth-order valence-electron chi connectivity index (χ4n) is 1.69. The molecule has 1 unspecified atom stereocenters. The average molecular weight is 228 g/mol. The summed E-state index contributed by atoms with van der Waals surface area (Å²) in [5.41, 5.74) is 0. The van der Waals surface area contributed by atoms with Gasteiger partial charge in [0.15, 0.2) is 5.15 Å². The molecule has 1 fully saturated rings. The fourth-order valence-corrected chi connectivity index (χ4v) is 1.83. The van der Waals surface area contributed by atoms with Crippen LogP contribution in [0.15, 0.2) is 12.4 Å². The number of ether oxygens (including phenoxy) is 1. The van der Waals surface area contributed by atoms with Gasteiger partial charge in [0.05, 0.1) is 19.0 Å². The lowest BCUT2D eigenvalue weighted by Crippen LogP contribution is -2.12. The van der Waals surface area contributed by atoms with Crippen LogP contribution in [-0.4, -0.2) is 29.7 Å². The van der Waals surface area contributed by atoms with Crippen LogP contribution in [-0.2, 0) is 0 Å². The van der Waals surface area contributed by atoms with Crippen molar-refractivity contribution in [1.29, 1.82) is 0 Å². The van der Waals surface area contributed by atoms with Crippen LogP contribution in [0.2, 0.25) is 5.15 Å². The molecule has 0 spiro atoms. The summed E-state index contributed by atoms with van der Waals surface area (Å²) in [6.45, 7) is 2.91. The second-order valence-electron chi connectivity index (χ2n) is 3.68. The van der Waals surface area contributed by atoms with Crippen LogP contribution in [0.4, 0.5) is 0 Å². The zero-order valence-electron chi connectivity index (χ0n) is 8.45. The van der Waals surface area contributed by atoms with E-state index in [2.05, 4.69) is 15.3 Å². The Morgan fingerprint density at radius 1 is 1.53 bits per heavy atom. The van der Waals surface area contributed by atoms with Crippen molar-refractivity contribution in [2.75, 3.05) is 19.7 Å². The maximum atomic E-state index is 5.69. The van der Waals surface area contributed by atoms with Crippen molar-refractivity contribution < 1.29 is 4.74 Å². The molecular weight excluding hydrogens is 214 g/mol. The van der Waals surface area contributed by atoms with E-state index in [0.29, 0.717) is 17.6 Å². The normalized spacial score (nSPS) is 20.5. The number of hydrogen-bond acceptors (Lipinski definition) is 4. The summed E-state index contributed by atoms with van der Waals surface area (Å²) < 4.78 is 5.46. The van der Waals surface area contributed by atoms with Gasteiger partial charge in [0.1, 0.15) is 0 Å². The maximum Gasteiger partial charge on any atom is 0.233 e. The van der Waals surface area contributed by atoms with Crippen LogP contribution in [0.1, 0.15) is 12.8 Å². The Morgan fingerprint density at radius 3 is 3.20 bits per heavy atom. The first-order chi connectivity index (χ1) is 7.34. The van der Waals surface area contributed by atoms with Crippen LogP contribution >= 0.6 is 11.6 Å². The molecule has 15 heavy (non-hydrogen) atoms. The number of hydrogen-bond donors (Lipinski definition) is 1. The molecule has 82 valence electrons. The van der Waals surface area contributed by atoms with E-state index in [4.69, 9.17) is 16.3 Å². The molecule has 1 saturated heterocycles. The average Bonchev–Trinajstić information content (AvgIpc) is 2.71. The van der Waals surface area contributed by atoms with Crippen LogP contribution in [0.5, 0.6) is 5.88 Å². The third-order valence-electron chi connectivity index (χ3n) is 2.52. The first-order valence-corrected chi connectivity index (χ1v) is 5.53. The standard InChI is InChI=1S/C10H14ClN3O/c11-9-6-13-7-10(14-9)15-4-2-8-1-3-12-5-8/h6-8,12H,1-5H2. The van der Waals surface area contributed by atoms with Crippen molar-refractivity contribution in [1.82, 2.24) is 15.3 Å². The lowest BCUT2D eigenvalue weighted by atomic mass is 10.1. The van der Waals surface area contributed by atoms with Gasteiger partial charge in [0.25, 0.3) is 0 Å². The van der Waals surface area contributed by atoms with E-state index in [9.17, 15) is 0 Å². The molecule has 0 aromatic carbocycles. The molecular formula is C10H14ClN3O. The topological polar surface area (TPSA) is 47.0 Å². The van der Waals surface area contributed by atoms with E-state index in [1.165, 1.54) is 12.6 Å². The second kappa shape index (κ2) is 5.28. The fraction of sp³-hybridized carbons (Fsp3) is 0.600. The summed E-state index contributed by atoms with van der Waals surface area (Å²) in [5.74, 6) is 1.24. The predicted octanol–water partition coefficient (Wildman–Crippen LogP) is 1.51. The van der Waals surface area contributed by atoms with Crippen LogP contribution in [0.3, 0.4) is 0 Å². The van der Waals surface area contributed by atoms with Crippen molar-refractivity contribution >= 4 is 11.6 Å². The molecule has 0 amide bonds. The number of aromatic nitrogens is 2. The second-order valence-corrected chi connectivity index (χ2v) is 4.06. The van der Waals surface area contributed by atoms with E-state index in [1.54, 1.807) is 6.20 Å². The highest BCUT2D eigenvalue weighted by Crippen LogP contribution is 2.14. The Bertz CT molecular complexity index is 315. The molecule has 0 bridgehead atoms. The lowest BCUT2D eigenvalue weighted by Gasteiger charge is -2.08. The summed E-state index contributed by atoms with van der Waals surface area (Å²) in [7, 11) is 0. The van der Waals surface area contributed by atoms with E-state index >= 15 is 0 Å². The van der Waals surface area contributed by atoms with Crippen molar-refractivity contribution in [3.8, 4) is 5.88 Å². The third kappa shape index (κ3) is 3.32. The number of halogens is 1. The van der Waals surface area contributed by atoms with Gasteiger partial charge in [-0.2, -0.15) is 4.98 Å². The van der Waals surface area contributed by atoms with E-state index in [1.807, 2.05) is 0 Å². The zero-order chi connectivity index (χ0) is 10.5.